The van der Waals surface area contributed by atoms with E-state index < -0.39 is 71.3 Å². The number of sulfone groups is 1. The molecule has 2 aromatic heterocycles. The summed E-state index contributed by atoms with van der Waals surface area (Å²) < 4.78 is 67.6. The van der Waals surface area contributed by atoms with Crippen molar-refractivity contribution in [2.45, 2.75) is 61.5 Å². The van der Waals surface area contributed by atoms with Crippen LogP contribution in [-0.4, -0.2) is 98.3 Å². The smallest absolute Gasteiger partial charge is 0.360 e. The first-order valence-corrected chi connectivity index (χ1v) is 20.3. The monoisotopic (exact) mass is 818 g/mol. The van der Waals surface area contributed by atoms with Crippen LogP contribution in [-0.2, 0) is 52.6 Å². The second-order valence-corrected chi connectivity index (χ2v) is 17.0. The number of hydrogen-bond donors (Lipinski definition) is 2. The van der Waals surface area contributed by atoms with Crippen molar-refractivity contribution in [3.63, 3.8) is 0 Å². The third kappa shape index (κ3) is 9.27. The SMILES string of the molecule is COc1nn(C(=O)NS(=O)(=O)c2c(C(=O)O)csc2C)c(=O)n1C.CS(=O)(=O)c1ccc(C(=O)C2C(=O)CCCC2=O)c(Cl)c1COCC1CCCO1. The lowest BCUT2D eigenvalue weighted by atomic mass is 9.81. The zero-order chi connectivity index (χ0) is 39.4. The first-order chi connectivity index (χ1) is 24.8. The summed E-state index contributed by atoms with van der Waals surface area (Å²) in [7, 11) is -5.66. The van der Waals surface area contributed by atoms with Gasteiger partial charge in [-0.15, -0.1) is 21.1 Å². The molecule has 1 unspecified atom stereocenters. The third-order valence-corrected chi connectivity index (χ3v) is 12.3. The Balaban J connectivity index is 0.000000241. The average Bonchev–Trinajstić information content (AvgIpc) is 3.81. The molecule has 3 aromatic rings. The molecule has 22 heteroatoms. The van der Waals surface area contributed by atoms with Crippen molar-refractivity contribution in [2.24, 2.45) is 13.0 Å². The maximum Gasteiger partial charge on any atom is 0.360 e. The van der Waals surface area contributed by atoms with Crippen LogP contribution >= 0.6 is 22.9 Å². The number of hydrogen-bond acceptors (Lipinski definition) is 15. The number of Topliss-reactive ketones (excluding diaryl/α,β-unsaturated/α-hetero) is 3. The number of sulfonamides is 1. The molecule has 1 amide bonds. The number of amides is 1. The highest BCUT2D eigenvalue weighted by Gasteiger charge is 2.38. The Kier molecular flexibility index (Phi) is 13.2. The molecule has 1 aliphatic carbocycles. The van der Waals surface area contributed by atoms with Gasteiger partial charge in [0.1, 0.15) is 10.8 Å². The number of halogens is 1. The molecule has 53 heavy (non-hydrogen) atoms. The van der Waals surface area contributed by atoms with Crippen molar-refractivity contribution in [1.29, 1.82) is 0 Å². The van der Waals surface area contributed by atoms with Gasteiger partial charge in [-0.05, 0) is 38.3 Å². The van der Waals surface area contributed by atoms with Gasteiger partial charge in [-0.2, -0.15) is 0 Å². The number of aromatic carboxylic acids is 1. The van der Waals surface area contributed by atoms with Crippen LogP contribution < -0.4 is 15.1 Å². The lowest BCUT2D eigenvalue weighted by Gasteiger charge is -2.20. The summed E-state index contributed by atoms with van der Waals surface area (Å²) in [6.45, 7) is 2.20. The van der Waals surface area contributed by atoms with E-state index in [1.54, 1.807) is 4.72 Å². The van der Waals surface area contributed by atoms with Gasteiger partial charge in [-0.25, -0.2) is 40.5 Å². The van der Waals surface area contributed by atoms with Crippen LogP contribution in [0.15, 0.2) is 32.1 Å². The standard InChI is InChI=1S/C20H23ClO7S.C11H12N4O7S2/c1-29(25,26)17-8-7-13(20(24)18-15(22)5-2-6-16(18)23)19(21)14(17)11-27-10-12-4-3-9-28-12;1-5-7(6(4-23-5)8(16)17)24(20,21)13-9(18)15-11(19)14(2)10(12-15)22-3/h7-8,12,18H,2-6,9-11H2,1H3;4H,1-3H3,(H,13,18)(H,16,17). The number of rotatable bonds is 11. The van der Waals surface area contributed by atoms with Crippen LogP contribution in [0.2, 0.25) is 5.02 Å². The van der Waals surface area contributed by atoms with Gasteiger partial charge >= 0.3 is 23.7 Å². The van der Waals surface area contributed by atoms with Gasteiger partial charge in [0, 0.05) is 54.1 Å². The maximum absolute atomic E-state index is 12.9. The van der Waals surface area contributed by atoms with E-state index in [4.69, 9.17) is 30.9 Å². The Morgan fingerprint density at radius 3 is 2.30 bits per heavy atom. The summed E-state index contributed by atoms with van der Waals surface area (Å²) in [6.07, 6.45) is 3.55. The molecular formula is C31H35ClN4O14S3. The second kappa shape index (κ2) is 16.8. The largest absolute Gasteiger partial charge is 0.478 e. The minimum atomic E-state index is -4.52. The van der Waals surface area contributed by atoms with Crippen LogP contribution in [0.25, 0.3) is 0 Å². The molecule has 1 aliphatic heterocycles. The quantitative estimate of drug-likeness (QED) is 0.208. The van der Waals surface area contributed by atoms with Crippen LogP contribution in [0, 0.1) is 12.8 Å². The number of benzene rings is 1. The zero-order valence-corrected chi connectivity index (χ0v) is 31.9. The number of carboxylic acid groups (broad SMARTS) is 1. The minimum absolute atomic E-state index is 0.0385. The lowest BCUT2D eigenvalue weighted by molar-refractivity contribution is -0.133. The summed E-state index contributed by atoms with van der Waals surface area (Å²) in [5.74, 6) is -4.36. The molecule has 2 fully saturated rings. The molecule has 288 valence electrons. The Labute approximate surface area is 311 Å². The Morgan fingerprint density at radius 1 is 1.09 bits per heavy atom. The van der Waals surface area contributed by atoms with Gasteiger partial charge in [0.05, 0.1) is 41.9 Å². The molecule has 1 atom stereocenters. The number of carbonyl (C=O) groups excluding carboxylic acids is 4. The molecule has 3 heterocycles. The van der Waals surface area contributed by atoms with E-state index >= 15 is 0 Å². The number of ether oxygens (including phenoxy) is 3. The van der Waals surface area contributed by atoms with E-state index in [1.807, 2.05) is 0 Å². The molecule has 1 saturated carbocycles. The Hall–Kier alpha value is -4.28. The third-order valence-electron chi connectivity index (χ3n) is 8.15. The first-order valence-electron chi connectivity index (χ1n) is 15.7. The van der Waals surface area contributed by atoms with E-state index in [9.17, 15) is 45.6 Å². The van der Waals surface area contributed by atoms with Crippen molar-refractivity contribution in [2.75, 3.05) is 26.6 Å². The predicted molar refractivity (Wildman–Crippen MR) is 186 cm³/mol. The molecule has 2 N–H and O–H groups in total. The van der Waals surface area contributed by atoms with Crippen LogP contribution in [0.1, 0.15) is 63.3 Å². The summed E-state index contributed by atoms with van der Waals surface area (Å²) in [5, 5.41) is 13.6. The number of nitrogens with one attached hydrogen (secondary N) is 1. The van der Waals surface area contributed by atoms with Gasteiger partial charge < -0.3 is 19.3 Å². The zero-order valence-electron chi connectivity index (χ0n) is 28.7. The Bertz CT molecular complexity index is 2220. The molecule has 0 spiro atoms. The number of aryl methyl sites for hydroxylation is 1. The van der Waals surface area contributed by atoms with Crippen molar-refractivity contribution < 1.29 is 60.1 Å². The van der Waals surface area contributed by atoms with E-state index in [0.29, 0.717) is 13.0 Å². The summed E-state index contributed by atoms with van der Waals surface area (Å²) >= 11 is 7.31. The average molecular weight is 819 g/mol. The fourth-order valence-electron chi connectivity index (χ4n) is 5.56. The van der Waals surface area contributed by atoms with Crippen LogP contribution in [0.4, 0.5) is 4.79 Å². The molecule has 5 rings (SSSR count). The van der Waals surface area contributed by atoms with E-state index in [2.05, 4.69) is 5.10 Å². The van der Waals surface area contributed by atoms with E-state index in [0.717, 1.165) is 40.4 Å². The van der Waals surface area contributed by atoms with Crippen molar-refractivity contribution in [1.82, 2.24) is 19.1 Å². The summed E-state index contributed by atoms with van der Waals surface area (Å²) in [5.41, 5.74) is -1.29. The van der Waals surface area contributed by atoms with Gasteiger partial charge in [0.15, 0.2) is 27.2 Å². The molecule has 0 bridgehead atoms. The highest BCUT2D eigenvalue weighted by Crippen LogP contribution is 2.32. The number of carboxylic acids is 1. The lowest BCUT2D eigenvalue weighted by Crippen LogP contribution is -2.40. The topological polar surface area (TPSA) is 253 Å². The molecular weight excluding hydrogens is 784 g/mol. The van der Waals surface area contributed by atoms with Gasteiger partial charge in [0.25, 0.3) is 10.0 Å². The first kappa shape index (κ1) is 41.5. The number of thiophene rings is 1. The highest BCUT2D eigenvalue weighted by atomic mass is 35.5. The molecule has 0 radical (unpaired) electrons. The molecule has 1 aromatic carbocycles. The van der Waals surface area contributed by atoms with E-state index in [-0.39, 0.29) is 68.8 Å². The number of ketones is 3. The number of methoxy groups -OCH3 is 1. The predicted octanol–water partition coefficient (Wildman–Crippen LogP) is 2.17. The molecule has 18 nitrogen and oxygen atoms in total. The highest BCUT2D eigenvalue weighted by molar-refractivity contribution is 7.91. The normalized spacial score (nSPS) is 16.6. The fourth-order valence-corrected chi connectivity index (χ4v) is 9.36. The van der Waals surface area contributed by atoms with Crippen molar-refractivity contribution in [3.05, 3.63) is 54.6 Å². The molecule has 1 saturated heterocycles. The summed E-state index contributed by atoms with van der Waals surface area (Å²) in [4.78, 5) is 71.8. The number of carbonyl (C=O) groups is 5. The van der Waals surface area contributed by atoms with E-state index in [1.165, 1.54) is 33.2 Å². The number of nitrogens with zero attached hydrogens (tertiary/aromatic N) is 3. The van der Waals surface area contributed by atoms with Crippen molar-refractivity contribution >= 4 is 72.1 Å². The second-order valence-electron chi connectivity index (χ2n) is 11.9. The summed E-state index contributed by atoms with van der Waals surface area (Å²) in [6, 6.07) is 0.975. The number of aromatic nitrogens is 3. The minimum Gasteiger partial charge on any atom is -0.478 e. The van der Waals surface area contributed by atoms with Gasteiger partial charge in [-0.3, -0.25) is 14.4 Å². The van der Waals surface area contributed by atoms with Crippen LogP contribution in [0.5, 0.6) is 6.01 Å². The fraction of sp³-hybridized carbons (Fsp3) is 0.452. The molecule has 2 aliphatic rings. The Morgan fingerprint density at radius 2 is 1.75 bits per heavy atom. The maximum atomic E-state index is 12.9. The van der Waals surface area contributed by atoms with Gasteiger partial charge in [0.2, 0.25) is 0 Å². The van der Waals surface area contributed by atoms with Crippen LogP contribution in [0.3, 0.4) is 0 Å². The van der Waals surface area contributed by atoms with Crippen molar-refractivity contribution in [3.8, 4) is 6.01 Å². The van der Waals surface area contributed by atoms with Gasteiger partial charge in [-0.1, -0.05) is 11.6 Å².